The van der Waals surface area contributed by atoms with Crippen LogP contribution in [-0.4, -0.2) is 22.4 Å². The molecule has 1 aliphatic carbocycles. The van der Waals surface area contributed by atoms with Gasteiger partial charge in [0.05, 0.1) is 6.61 Å². The number of rotatable bonds is 4. The average Bonchev–Trinajstić information content (AvgIpc) is 2.78. The molecule has 4 heteroatoms. The summed E-state index contributed by atoms with van der Waals surface area (Å²) < 4.78 is 0. The highest BCUT2D eigenvalue weighted by molar-refractivity contribution is 6.31. The van der Waals surface area contributed by atoms with E-state index in [4.69, 9.17) is 11.6 Å². The van der Waals surface area contributed by atoms with E-state index in [-0.39, 0.29) is 17.9 Å². The van der Waals surface area contributed by atoms with Crippen LogP contribution in [-0.2, 0) is 6.54 Å². The third-order valence-electron chi connectivity index (χ3n) is 3.60. The Morgan fingerprint density at radius 2 is 2.00 bits per heavy atom. The summed E-state index contributed by atoms with van der Waals surface area (Å²) in [6, 6.07) is 5.11. The quantitative estimate of drug-likeness (QED) is 0.775. The molecule has 0 saturated heterocycles. The van der Waals surface area contributed by atoms with Crippen LogP contribution in [0.25, 0.3) is 0 Å². The number of hydrogen-bond donors (Lipinski definition) is 3. The van der Waals surface area contributed by atoms with Crippen molar-refractivity contribution in [1.82, 2.24) is 5.32 Å². The Bertz CT molecular complexity index is 369. The van der Waals surface area contributed by atoms with Gasteiger partial charge in [-0.15, -0.1) is 0 Å². The zero-order chi connectivity index (χ0) is 12.3. The van der Waals surface area contributed by atoms with Crippen LogP contribution < -0.4 is 5.32 Å². The van der Waals surface area contributed by atoms with Crippen LogP contribution in [0.5, 0.6) is 5.75 Å². The maximum Gasteiger partial charge on any atom is 0.121 e. The van der Waals surface area contributed by atoms with Crippen molar-refractivity contribution < 1.29 is 10.2 Å². The summed E-state index contributed by atoms with van der Waals surface area (Å²) in [5.41, 5.74) is 0.514. The summed E-state index contributed by atoms with van der Waals surface area (Å²) >= 11 is 6.04. The Hall–Kier alpha value is -0.770. The Morgan fingerprint density at radius 1 is 1.29 bits per heavy atom. The van der Waals surface area contributed by atoms with E-state index < -0.39 is 0 Å². The fourth-order valence-corrected chi connectivity index (χ4v) is 2.68. The fraction of sp³-hybridized carbons (Fsp3) is 0.538. The molecule has 0 spiro atoms. The topological polar surface area (TPSA) is 52.5 Å². The monoisotopic (exact) mass is 255 g/mol. The molecule has 1 fully saturated rings. The minimum absolute atomic E-state index is 0.137. The van der Waals surface area contributed by atoms with Gasteiger partial charge in [0.2, 0.25) is 0 Å². The zero-order valence-corrected chi connectivity index (χ0v) is 10.5. The van der Waals surface area contributed by atoms with Crippen molar-refractivity contribution in [1.29, 1.82) is 0 Å². The summed E-state index contributed by atoms with van der Waals surface area (Å²) in [6.45, 7) is 0.629. The van der Waals surface area contributed by atoms with E-state index in [9.17, 15) is 10.2 Å². The van der Waals surface area contributed by atoms with Crippen molar-refractivity contribution in [2.75, 3.05) is 6.61 Å². The maximum absolute atomic E-state index is 9.73. The van der Waals surface area contributed by atoms with Gasteiger partial charge in [-0.25, -0.2) is 0 Å². The summed E-state index contributed by atoms with van der Waals surface area (Å²) in [5.74, 6) is 0.205. The lowest BCUT2D eigenvalue weighted by Crippen LogP contribution is -2.45. The third kappa shape index (κ3) is 2.73. The normalized spacial score (nSPS) is 18.5. The van der Waals surface area contributed by atoms with Gasteiger partial charge >= 0.3 is 0 Å². The number of phenols is 1. The molecule has 1 aromatic rings. The van der Waals surface area contributed by atoms with E-state index in [2.05, 4.69) is 5.32 Å². The summed E-state index contributed by atoms with van der Waals surface area (Å²) in [4.78, 5) is 0. The second kappa shape index (κ2) is 5.25. The van der Waals surface area contributed by atoms with E-state index in [1.807, 2.05) is 0 Å². The molecule has 3 nitrogen and oxygen atoms in total. The molecule has 0 unspecified atom stereocenters. The minimum atomic E-state index is -0.189. The van der Waals surface area contributed by atoms with Gasteiger partial charge in [-0.05, 0) is 25.0 Å². The lowest BCUT2D eigenvalue weighted by molar-refractivity contribution is 0.162. The van der Waals surface area contributed by atoms with Gasteiger partial charge in [-0.3, -0.25) is 0 Å². The smallest absolute Gasteiger partial charge is 0.121 e. The second-order valence-electron chi connectivity index (χ2n) is 4.74. The average molecular weight is 256 g/mol. The first-order valence-corrected chi connectivity index (χ1v) is 6.37. The highest BCUT2D eigenvalue weighted by Gasteiger charge is 2.32. The van der Waals surface area contributed by atoms with Crippen molar-refractivity contribution >= 4 is 11.6 Å². The number of aliphatic hydroxyl groups is 1. The highest BCUT2D eigenvalue weighted by atomic mass is 35.5. The van der Waals surface area contributed by atoms with E-state index >= 15 is 0 Å². The number of halogens is 1. The first-order chi connectivity index (χ1) is 8.17. The fourth-order valence-electron chi connectivity index (χ4n) is 2.44. The first kappa shape index (κ1) is 12.7. The Labute approximate surface area is 106 Å². The van der Waals surface area contributed by atoms with Crippen molar-refractivity contribution in [3.05, 3.63) is 28.8 Å². The van der Waals surface area contributed by atoms with Gasteiger partial charge in [0, 0.05) is 22.7 Å². The number of aliphatic hydroxyl groups excluding tert-OH is 1. The lowest BCUT2D eigenvalue weighted by atomic mass is 9.98. The van der Waals surface area contributed by atoms with Crippen LogP contribution in [0.2, 0.25) is 5.02 Å². The van der Waals surface area contributed by atoms with Crippen molar-refractivity contribution in [3.8, 4) is 5.75 Å². The summed E-state index contributed by atoms with van der Waals surface area (Å²) in [6.07, 6.45) is 4.24. The Kier molecular flexibility index (Phi) is 3.92. The number of nitrogens with one attached hydrogen (secondary N) is 1. The van der Waals surface area contributed by atoms with Crippen molar-refractivity contribution in [2.45, 2.75) is 37.8 Å². The molecule has 0 aromatic heterocycles. The van der Waals surface area contributed by atoms with Crippen LogP contribution in [0.3, 0.4) is 0 Å². The molecule has 0 atom stereocenters. The zero-order valence-electron chi connectivity index (χ0n) is 9.75. The van der Waals surface area contributed by atoms with E-state index in [1.54, 1.807) is 18.2 Å². The summed E-state index contributed by atoms with van der Waals surface area (Å²) in [7, 11) is 0. The van der Waals surface area contributed by atoms with E-state index in [0.717, 1.165) is 25.7 Å². The van der Waals surface area contributed by atoms with Gasteiger partial charge in [0.15, 0.2) is 0 Å². The molecule has 3 N–H and O–H groups in total. The van der Waals surface area contributed by atoms with Gasteiger partial charge in [0.25, 0.3) is 0 Å². The molecular formula is C13H18ClNO2. The van der Waals surface area contributed by atoms with Crippen LogP contribution in [0.4, 0.5) is 0 Å². The molecule has 0 bridgehead atoms. The standard InChI is InChI=1S/C13H18ClNO2/c14-11-4-3-5-12(17)10(11)8-15-13(9-16)6-1-2-7-13/h3-5,15-17H,1-2,6-9H2. The minimum Gasteiger partial charge on any atom is -0.508 e. The molecule has 0 aliphatic heterocycles. The number of hydrogen-bond acceptors (Lipinski definition) is 3. The molecule has 0 amide bonds. The van der Waals surface area contributed by atoms with Crippen LogP contribution in [0.1, 0.15) is 31.2 Å². The van der Waals surface area contributed by atoms with Crippen molar-refractivity contribution in [2.24, 2.45) is 0 Å². The highest BCUT2D eigenvalue weighted by Crippen LogP contribution is 2.31. The maximum atomic E-state index is 9.73. The molecule has 2 rings (SSSR count). The molecule has 0 radical (unpaired) electrons. The molecular weight excluding hydrogens is 238 g/mol. The predicted molar refractivity (Wildman–Crippen MR) is 68.2 cm³/mol. The molecule has 94 valence electrons. The van der Waals surface area contributed by atoms with Crippen LogP contribution >= 0.6 is 11.6 Å². The van der Waals surface area contributed by atoms with Gasteiger partial charge in [-0.2, -0.15) is 0 Å². The van der Waals surface area contributed by atoms with Crippen LogP contribution in [0.15, 0.2) is 18.2 Å². The van der Waals surface area contributed by atoms with Crippen molar-refractivity contribution in [3.63, 3.8) is 0 Å². The molecule has 1 aliphatic rings. The SMILES string of the molecule is OCC1(NCc2c(O)cccc2Cl)CCCC1. The Morgan fingerprint density at radius 3 is 2.59 bits per heavy atom. The second-order valence-corrected chi connectivity index (χ2v) is 5.14. The lowest BCUT2D eigenvalue weighted by Gasteiger charge is -2.28. The Balaban J connectivity index is 2.06. The number of aromatic hydroxyl groups is 1. The van der Waals surface area contributed by atoms with Gasteiger partial charge in [0.1, 0.15) is 5.75 Å². The van der Waals surface area contributed by atoms with E-state index in [1.165, 1.54) is 0 Å². The first-order valence-electron chi connectivity index (χ1n) is 5.99. The molecule has 17 heavy (non-hydrogen) atoms. The largest absolute Gasteiger partial charge is 0.508 e. The molecule has 0 heterocycles. The molecule has 1 saturated carbocycles. The van der Waals surface area contributed by atoms with Crippen LogP contribution in [0, 0.1) is 0 Å². The van der Waals surface area contributed by atoms with Gasteiger partial charge in [-0.1, -0.05) is 30.5 Å². The van der Waals surface area contributed by atoms with E-state index in [0.29, 0.717) is 17.1 Å². The number of benzene rings is 1. The third-order valence-corrected chi connectivity index (χ3v) is 3.95. The summed E-state index contributed by atoms with van der Waals surface area (Å²) in [5, 5.41) is 23.1. The molecule has 1 aromatic carbocycles. The van der Waals surface area contributed by atoms with Gasteiger partial charge < -0.3 is 15.5 Å². The number of phenolic OH excluding ortho intramolecular Hbond substituents is 1. The predicted octanol–water partition coefficient (Wildman–Crippen LogP) is 2.44.